The van der Waals surface area contributed by atoms with Crippen molar-refractivity contribution in [2.24, 2.45) is 0 Å². The summed E-state index contributed by atoms with van der Waals surface area (Å²) < 4.78 is 5.01. The third kappa shape index (κ3) is 2.27. The first-order chi connectivity index (χ1) is 7.29. The lowest BCUT2D eigenvalue weighted by Gasteiger charge is -2.05. The smallest absolute Gasteiger partial charge is 0.133 e. The predicted octanol–water partition coefficient (Wildman–Crippen LogP) is 2.88. The molecule has 1 heterocycles. The van der Waals surface area contributed by atoms with Gasteiger partial charge in [0.1, 0.15) is 11.5 Å². The molecule has 0 radical (unpaired) electrons. The molecule has 0 amide bonds. The van der Waals surface area contributed by atoms with Gasteiger partial charge >= 0.3 is 0 Å². The molecule has 0 spiro atoms. The zero-order valence-corrected chi connectivity index (χ0v) is 9.04. The van der Waals surface area contributed by atoms with Crippen molar-refractivity contribution in [2.75, 3.05) is 7.11 Å². The van der Waals surface area contributed by atoms with Gasteiger partial charge in [-0.1, -0.05) is 11.8 Å². The average molecular weight is 221 g/mol. The number of phenolic OH excluding ortho intramolecular Hbond substituents is 1. The van der Waals surface area contributed by atoms with Gasteiger partial charge in [0.05, 0.1) is 17.0 Å². The van der Waals surface area contributed by atoms with E-state index < -0.39 is 0 Å². The number of aromatic hydroxyl groups is 1. The van der Waals surface area contributed by atoms with Gasteiger partial charge in [-0.05, 0) is 24.3 Å². The lowest BCUT2D eigenvalue weighted by molar-refractivity contribution is 0.405. The lowest BCUT2D eigenvalue weighted by atomic mass is 10.3. The zero-order chi connectivity index (χ0) is 10.7. The van der Waals surface area contributed by atoms with Gasteiger partial charge in [-0.25, -0.2) is 0 Å². The van der Waals surface area contributed by atoms with Gasteiger partial charge in [-0.3, -0.25) is 0 Å². The van der Waals surface area contributed by atoms with Crippen LogP contribution in [0.1, 0.15) is 0 Å². The van der Waals surface area contributed by atoms with Gasteiger partial charge in [-0.2, -0.15) is 0 Å². The van der Waals surface area contributed by atoms with E-state index in [1.54, 1.807) is 13.2 Å². The Labute approximate surface area is 92.1 Å². The molecular weight excluding hydrogens is 210 g/mol. The first-order valence-corrected chi connectivity index (χ1v) is 5.29. The minimum atomic E-state index is 0.231. The van der Waals surface area contributed by atoms with Crippen molar-refractivity contribution in [3.8, 4) is 11.5 Å². The molecule has 78 valence electrons. The molecule has 0 saturated carbocycles. The molecule has 2 aromatic rings. The van der Waals surface area contributed by atoms with Gasteiger partial charge in [0.25, 0.3) is 0 Å². The number of H-pyrrole nitrogens is 1. The molecule has 4 heteroatoms. The molecule has 0 aliphatic heterocycles. The number of aromatic nitrogens is 1. The average Bonchev–Trinajstić information content (AvgIpc) is 2.74. The van der Waals surface area contributed by atoms with E-state index in [1.165, 1.54) is 11.8 Å². The van der Waals surface area contributed by atoms with Crippen LogP contribution in [0.4, 0.5) is 0 Å². The van der Waals surface area contributed by atoms with Crippen LogP contribution in [0.3, 0.4) is 0 Å². The molecule has 0 unspecified atom stereocenters. The standard InChI is InChI=1S/C11H11NO2S/c1-14-8-4-5-10(9(13)7-8)15-11-3-2-6-12-11/h2-7,12-13H,1H3. The quantitative estimate of drug-likeness (QED) is 0.837. The molecule has 0 aliphatic carbocycles. The topological polar surface area (TPSA) is 45.2 Å². The van der Waals surface area contributed by atoms with Crippen molar-refractivity contribution >= 4 is 11.8 Å². The number of rotatable bonds is 3. The third-order valence-electron chi connectivity index (χ3n) is 1.96. The fourth-order valence-corrected chi connectivity index (χ4v) is 2.02. The normalized spacial score (nSPS) is 10.2. The van der Waals surface area contributed by atoms with Crippen LogP contribution in [0.5, 0.6) is 11.5 Å². The predicted molar refractivity (Wildman–Crippen MR) is 59.6 cm³/mol. The molecule has 15 heavy (non-hydrogen) atoms. The third-order valence-corrected chi connectivity index (χ3v) is 2.99. The summed E-state index contributed by atoms with van der Waals surface area (Å²) in [6.07, 6.45) is 1.85. The van der Waals surface area contributed by atoms with Crippen LogP contribution in [-0.2, 0) is 0 Å². The Morgan fingerprint density at radius 2 is 2.20 bits per heavy atom. The highest BCUT2D eigenvalue weighted by Gasteiger charge is 2.05. The first-order valence-electron chi connectivity index (χ1n) is 4.48. The van der Waals surface area contributed by atoms with E-state index in [9.17, 15) is 5.11 Å². The number of hydrogen-bond acceptors (Lipinski definition) is 3. The van der Waals surface area contributed by atoms with Crippen LogP contribution in [0.25, 0.3) is 0 Å². The van der Waals surface area contributed by atoms with E-state index in [0.717, 1.165) is 9.92 Å². The number of nitrogens with one attached hydrogen (secondary N) is 1. The Kier molecular flexibility index (Phi) is 2.87. The Balaban J connectivity index is 2.22. The highest BCUT2D eigenvalue weighted by molar-refractivity contribution is 7.99. The first kappa shape index (κ1) is 9.98. The molecule has 1 aromatic carbocycles. The number of phenols is 1. The maximum atomic E-state index is 9.71. The van der Waals surface area contributed by atoms with E-state index in [2.05, 4.69) is 4.98 Å². The van der Waals surface area contributed by atoms with Crippen molar-refractivity contribution in [3.05, 3.63) is 36.5 Å². The summed E-state index contributed by atoms with van der Waals surface area (Å²) in [6, 6.07) is 9.13. The highest BCUT2D eigenvalue weighted by atomic mass is 32.2. The van der Waals surface area contributed by atoms with Gasteiger partial charge in [-0.15, -0.1) is 0 Å². The van der Waals surface area contributed by atoms with Crippen LogP contribution in [0.2, 0.25) is 0 Å². The van der Waals surface area contributed by atoms with Gasteiger partial charge in [0.2, 0.25) is 0 Å². The van der Waals surface area contributed by atoms with Gasteiger partial charge in [0, 0.05) is 12.3 Å². The van der Waals surface area contributed by atoms with Gasteiger partial charge in [0.15, 0.2) is 0 Å². The summed E-state index contributed by atoms with van der Waals surface area (Å²) >= 11 is 1.48. The van der Waals surface area contributed by atoms with E-state index in [1.807, 2.05) is 30.5 Å². The largest absolute Gasteiger partial charge is 0.507 e. The molecule has 3 nitrogen and oxygen atoms in total. The van der Waals surface area contributed by atoms with E-state index in [-0.39, 0.29) is 5.75 Å². The molecule has 2 rings (SSSR count). The molecule has 1 aromatic heterocycles. The molecule has 0 saturated heterocycles. The van der Waals surface area contributed by atoms with E-state index in [4.69, 9.17) is 4.74 Å². The zero-order valence-electron chi connectivity index (χ0n) is 8.23. The second kappa shape index (κ2) is 4.31. The number of benzene rings is 1. The number of ether oxygens (including phenoxy) is 1. The fraction of sp³-hybridized carbons (Fsp3) is 0.0909. The molecule has 0 aliphatic rings. The van der Waals surface area contributed by atoms with Crippen LogP contribution in [0, 0.1) is 0 Å². The summed E-state index contributed by atoms with van der Waals surface area (Å²) in [5.74, 6) is 0.886. The van der Waals surface area contributed by atoms with Crippen molar-refractivity contribution in [2.45, 2.75) is 9.92 Å². The SMILES string of the molecule is COc1ccc(Sc2ccc[nH]2)c(O)c1. The van der Waals surface area contributed by atoms with E-state index in [0.29, 0.717) is 5.75 Å². The van der Waals surface area contributed by atoms with Crippen molar-refractivity contribution in [3.63, 3.8) is 0 Å². The van der Waals surface area contributed by atoms with Crippen molar-refractivity contribution < 1.29 is 9.84 Å². The van der Waals surface area contributed by atoms with Crippen LogP contribution in [-0.4, -0.2) is 17.2 Å². The number of methoxy groups -OCH3 is 1. The fourth-order valence-electron chi connectivity index (χ4n) is 1.21. The van der Waals surface area contributed by atoms with Crippen LogP contribution < -0.4 is 4.74 Å². The highest BCUT2D eigenvalue weighted by Crippen LogP contribution is 2.35. The maximum Gasteiger partial charge on any atom is 0.133 e. The van der Waals surface area contributed by atoms with Crippen LogP contribution >= 0.6 is 11.8 Å². The van der Waals surface area contributed by atoms with Crippen molar-refractivity contribution in [1.82, 2.24) is 4.98 Å². The molecule has 0 fully saturated rings. The monoisotopic (exact) mass is 221 g/mol. The number of aromatic amines is 1. The lowest BCUT2D eigenvalue weighted by Crippen LogP contribution is -1.82. The van der Waals surface area contributed by atoms with Gasteiger partial charge < -0.3 is 14.8 Å². The summed E-state index contributed by atoms with van der Waals surface area (Å²) in [6.45, 7) is 0. The van der Waals surface area contributed by atoms with Crippen LogP contribution in [0.15, 0.2) is 46.5 Å². The Morgan fingerprint density at radius 3 is 2.80 bits per heavy atom. The minimum Gasteiger partial charge on any atom is -0.507 e. The second-order valence-electron chi connectivity index (χ2n) is 2.97. The number of hydrogen-bond donors (Lipinski definition) is 2. The molecule has 0 bridgehead atoms. The summed E-state index contributed by atoms with van der Waals surface area (Å²) in [5.41, 5.74) is 0. The second-order valence-corrected chi connectivity index (χ2v) is 4.05. The molecule has 0 atom stereocenters. The van der Waals surface area contributed by atoms with E-state index >= 15 is 0 Å². The minimum absolute atomic E-state index is 0.231. The summed E-state index contributed by atoms with van der Waals surface area (Å²) in [4.78, 5) is 3.87. The molecular formula is C11H11NO2S. The maximum absolute atomic E-state index is 9.71. The Morgan fingerprint density at radius 1 is 1.33 bits per heavy atom. The molecule has 2 N–H and O–H groups in total. The Bertz CT molecular complexity index is 440. The van der Waals surface area contributed by atoms with Crippen molar-refractivity contribution in [1.29, 1.82) is 0 Å². The summed E-state index contributed by atoms with van der Waals surface area (Å²) in [7, 11) is 1.58. The summed E-state index contributed by atoms with van der Waals surface area (Å²) in [5, 5.41) is 10.7. The Hall–Kier alpha value is -1.55.